The zero-order valence-corrected chi connectivity index (χ0v) is 14.6. The number of ether oxygens (including phenoxy) is 1. The molecule has 0 spiro atoms. The van der Waals surface area contributed by atoms with Gasteiger partial charge in [0, 0.05) is 0 Å². The lowest BCUT2D eigenvalue weighted by Crippen LogP contribution is -2.20. The topological polar surface area (TPSA) is 44.1 Å². The molecule has 0 aliphatic carbocycles. The second-order valence-corrected chi connectivity index (χ2v) is 6.77. The number of aromatic nitrogens is 2. The van der Waals surface area contributed by atoms with Crippen molar-refractivity contribution in [3.8, 4) is 5.75 Å². The molecule has 0 N–H and O–H groups in total. The number of rotatable bonds is 5. The molecule has 0 saturated carbocycles. The second kappa shape index (κ2) is 7.09. The van der Waals surface area contributed by atoms with E-state index in [0.717, 1.165) is 21.7 Å². The first-order valence-electron chi connectivity index (χ1n) is 8.08. The number of thiophene rings is 1. The van der Waals surface area contributed by atoms with E-state index >= 15 is 0 Å². The zero-order chi connectivity index (χ0) is 17.9. The van der Waals surface area contributed by atoms with Crippen molar-refractivity contribution in [2.45, 2.75) is 13.2 Å². The molecule has 0 unspecified atom stereocenters. The highest BCUT2D eigenvalue weighted by molar-refractivity contribution is 7.16. The van der Waals surface area contributed by atoms with E-state index in [4.69, 9.17) is 4.74 Å². The Morgan fingerprint density at radius 3 is 2.50 bits per heavy atom. The fourth-order valence-electron chi connectivity index (χ4n) is 2.64. The summed E-state index contributed by atoms with van der Waals surface area (Å²) < 4.78 is 20.2. The normalized spacial score (nSPS) is 11.0. The number of nitrogens with zero attached hydrogens (tertiary/aromatic N) is 2. The Labute approximate surface area is 153 Å². The molecule has 0 fully saturated rings. The molecule has 0 saturated heterocycles. The minimum Gasteiger partial charge on any atom is -0.489 e. The van der Waals surface area contributed by atoms with Gasteiger partial charge in [0.15, 0.2) is 0 Å². The van der Waals surface area contributed by atoms with E-state index in [2.05, 4.69) is 4.98 Å². The van der Waals surface area contributed by atoms with Crippen LogP contribution in [0.25, 0.3) is 10.2 Å². The standard InChI is InChI=1S/C20H15FN2O2S/c21-16-5-1-15(2-6-16)12-25-17-7-3-14(4-8-17)11-23-13-22-19-18(20(23)24)9-10-26-19/h1-10,13H,11-12H2. The predicted octanol–water partition coefficient (Wildman–Crippen LogP) is 4.22. The molecule has 0 aliphatic heterocycles. The lowest BCUT2D eigenvalue weighted by atomic mass is 10.2. The fourth-order valence-corrected chi connectivity index (χ4v) is 3.36. The largest absolute Gasteiger partial charge is 0.489 e. The zero-order valence-electron chi connectivity index (χ0n) is 13.8. The quantitative estimate of drug-likeness (QED) is 0.531. The Kier molecular flexibility index (Phi) is 4.50. The maximum Gasteiger partial charge on any atom is 0.262 e. The van der Waals surface area contributed by atoms with E-state index in [0.29, 0.717) is 18.5 Å². The van der Waals surface area contributed by atoms with Crippen molar-refractivity contribution in [3.63, 3.8) is 0 Å². The van der Waals surface area contributed by atoms with Gasteiger partial charge in [-0.05, 0) is 46.8 Å². The highest BCUT2D eigenvalue weighted by Crippen LogP contribution is 2.16. The van der Waals surface area contributed by atoms with Crippen molar-refractivity contribution in [1.82, 2.24) is 9.55 Å². The molecule has 2 aromatic carbocycles. The summed E-state index contributed by atoms with van der Waals surface area (Å²) in [5, 5.41) is 2.52. The van der Waals surface area contributed by atoms with Gasteiger partial charge in [-0.15, -0.1) is 11.3 Å². The average molecular weight is 366 g/mol. The monoisotopic (exact) mass is 366 g/mol. The van der Waals surface area contributed by atoms with Gasteiger partial charge in [-0.3, -0.25) is 9.36 Å². The third kappa shape index (κ3) is 3.50. The number of benzene rings is 2. The van der Waals surface area contributed by atoms with Gasteiger partial charge >= 0.3 is 0 Å². The number of halogens is 1. The van der Waals surface area contributed by atoms with Crippen molar-refractivity contribution < 1.29 is 9.13 Å². The highest BCUT2D eigenvalue weighted by atomic mass is 32.1. The van der Waals surface area contributed by atoms with Crippen LogP contribution in [-0.4, -0.2) is 9.55 Å². The van der Waals surface area contributed by atoms with Gasteiger partial charge in [0.05, 0.1) is 18.3 Å². The van der Waals surface area contributed by atoms with Crippen LogP contribution in [-0.2, 0) is 13.2 Å². The van der Waals surface area contributed by atoms with Crippen molar-refractivity contribution in [2.75, 3.05) is 0 Å². The van der Waals surface area contributed by atoms with Crippen molar-refractivity contribution >= 4 is 21.6 Å². The first kappa shape index (κ1) is 16.5. The Balaban J connectivity index is 1.44. The maximum atomic E-state index is 12.9. The van der Waals surface area contributed by atoms with Crippen LogP contribution in [0.1, 0.15) is 11.1 Å². The molecular weight excluding hydrogens is 351 g/mol. The molecule has 0 amide bonds. The first-order chi connectivity index (χ1) is 12.7. The van der Waals surface area contributed by atoms with Crippen molar-refractivity contribution in [3.05, 3.63) is 93.6 Å². The minimum atomic E-state index is -0.261. The minimum absolute atomic E-state index is 0.0344. The molecule has 0 radical (unpaired) electrons. The van der Waals surface area contributed by atoms with Crippen molar-refractivity contribution in [2.24, 2.45) is 0 Å². The van der Waals surface area contributed by atoms with Gasteiger partial charge in [-0.2, -0.15) is 0 Å². The molecule has 0 bridgehead atoms. The van der Waals surface area contributed by atoms with E-state index in [1.807, 2.05) is 29.6 Å². The molecule has 130 valence electrons. The van der Waals surface area contributed by atoms with E-state index in [9.17, 15) is 9.18 Å². The van der Waals surface area contributed by atoms with Crippen LogP contribution in [0.2, 0.25) is 0 Å². The van der Waals surface area contributed by atoms with Crippen molar-refractivity contribution in [1.29, 1.82) is 0 Å². The summed E-state index contributed by atoms with van der Waals surface area (Å²) in [5.41, 5.74) is 1.85. The van der Waals surface area contributed by atoms with Gasteiger partial charge in [0.1, 0.15) is 23.0 Å². The van der Waals surface area contributed by atoms with Gasteiger partial charge in [-0.25, -0.2) is 9.37 Å². The van der Waals surface area contributed by atoms with Gasteiger partial charge in [-0.1, -0.05) is 24.3 Å². The molecule has 6 heteroatoms. The Hall–Kier alpha value is -2.99. The summed E-state index contributed by atoms with van der Waals surface area (Å²) in [5.74, 6) is 0.459. The summed E-state index contributed by atoms with van der Waals surface area (Å²) in [6.07, 6.45) is 1.58. The summed E-state index contributed by atoms with van der Waals surface area (Å²) in [6.45, 7) is 0.827. The Morgan fingerprint density at radius 2 is 1.73 bits per heavy atom. The van der Waals surface area contributed by atoms with Crippen LogP contribution < -0.4 is 10.3 Å². The van der Waals surface area contributed by atoms with Crippen LogP contribution in [0, 0.1) is 5.82 Å². The van der Waals surface area contributed by atoms with E-state index < -0.39 is 0 Å². The molecule has 0 aliphatic rings. The summed E-state index contributed by atoms with van der Waals surface area (Å²) >= 11 is 1.46. The van der Waals surface area contributed by atoms with Crippen LogP contribution in [0.3, 0.4) is 0 Å². The summed E-state index contributed by atoms with van der Waals surface area (Å²) in [6, 6.07) is 15.6. The predicted molar refractivity (Wildman–Crippen MR) is 100 cm³/mol. The van der Waals surface area contributed by atoms with Crippen LogP contribution >= 0.6 is 11.3 Å². The van der Waals surface area contributed by atoms with E-state index in [1.165, 1.54) is 23.5 Å². The van der Waals surface area contributed by atoms with Crippen LogP contribution in [0.5, 0.6) is 5.75 Å². The van der Waals surface area contributed by atoms with Gasteiger partial charge in [0.2, 0.25) is 0 Å². The average Bonchev–Trinajstić information content (AvgIpc) is 3.14. The smallest absolute Gasteiger partial charge is 0.262 e. The Morgan fingerprint density at radius 1 is 1.00 bits per heavy atom. The maximum absolute atomic E-state index is 12.9. The molecule has 4 rings (SSSR count). The lowest BCUT2D eigenvalue weighted by molar-refractivity contribution is 0.306. The molecule has 2 heterocycles. The highest BCUT2D eigenvalue weighted by Gasteiger charge is 2.06. The number of fused-ring (bicyclic) bond motifs is 1. The Bertz CT molecular complexity index is 1090. The number of hydrogen-bond acceptors (Lipinski definition) is 4. The van der Waals surface area contributed by atoms with Crippen LogP contribution in [0.4, 0.5) is 4.39 Å². The van der Waals surface area contributed by atoms with Gasteiger partial charge in [0.25, 0.3) is 5.56 Å². The third-order valence-electron chi connectivity index (χ3n) is 4.05. The fraction of sp³-hybridized carbons (Fsp3) is 0.100. The number of hydrogen-bond donors (Lipinski definition) is 0. The molecule has 4 aromatic rings. The molecule has 0 atom stereocenters. The molecule has 26 heavy (non-hydrogen) atoms. The molecule has 4 nitrogen and oxygen atoms in total. The summed E-state index contributed by atoms with van der Waals surface area (Å²) in [7, 11) is 0. The van der Waals surface area contributed by atoms with Crippen LogP contribution in [0.15, 0.2) is 71.1 Å². The summed E-state index contributed by atoms with van der Waals surface area (Å²) in [4.78, 5) is 17.5. The third-order valence-corrected chi connectivity index (χ3v) is 4.87. The van der Waals surface area contributed by atoms with Gasteiger partial charge < -0.3 is 4.74 Å². The lowest BCUT2D eigenvalue weighted by Gasteiger charge is -2.09. The first-order valence-corrected chi connectivity index (χ1v) is 8.96. The second-order valence-electron chi connectivity index (χ2n) is 5.88. The SMILES string of the molecule is O=c1c2ccsc2ncn1Cc1ccc(OCc2ccc(F)cc2)cc1. The molecule has 2 aromatic heterocycles. The molecular formula is C20H15FN2O2S. The van der Waals surface area contributed by atoms with E-state index in [1.54, 1.807) is 29.1 Å². The van der Waals surface area contributed by atoms with E-state index in [-0.39, 0.29) is 11.4 Å².